The number of hydrogen-bond acceptors (Lipinski definition) is 4. The van der Waals surface area contributed by atoms with E-state index in [1.807, 2.05) is 47.8 Å². The Morgan fingerprint density at radius 1 is 1.30 bits per heavy atom. The fourth-order valence-corrected chi connectivity index (χ4v) is 3.24. The molecule has 0 radical (unpaired) electrons. The van der Waals surface area contributed by atoms with Gasteiger partial charge in [-0.1, -0.05) is 6.07 Å². The smallest absolute Gasteiger partial charge is 0.191 e. The first-order valence-electron chi connectivity index (χ1n) is 7.32. The number of nitrogens with zero attached hydrogens (tertiary/aromatic N) is 5. The minimum atomic E-state index is 0. The van der Waals surface area contributed by atoms with Crippen molar-refractivity contribution < 1.29 is 0 Å². The summed E-state index contributed by atoms with van der Waals surface area (Å²) in [6, 6.07) is 4.01. The van der Waals surface area contributed by atoms with Crippen LogP contribution in [0, 0.1) is 6.92 Å². The lowest BCUT2D eigenvalue weighted by Crippen LogP contribution is -2.42. The minimum Gasteiger partial charge on any atom is -0.370 e. The second kappa shape index (κ2) is 8.53. The number of rotatable bonds is 3. The van der Waals surface area contributed by atoms with E-state index in [9.17, 15) is 0 Å². The summed E-state index contributed by atoms with van der Waals surface area (Å²) in [5.41, 5.74) is 7.11. The first kappa shape index (κ1) is 18.1. The maximum absolute atomic E-state index is 6.06. The monoisotopic (exact) mass is 444 g/mol. The van der Waals surface area contributed by atoms with E-state index in [1.165, 1.54) is 0 Å². The number of hydrogen-bond donors (Lipinski definition) is 1. The first-order chi connectivity index (χ1) is 10.7. The third-order valence-corrected chi connectivity index (χ3v) is 4.58. The molecule has 0 amide bonds. The average Bonchev–Trinajstić information content (AvgIpc) is 3.00. The maximum Gasteiger partial charge on any atom is 0.191 e. The van der Waals surface area contributed by atoms with Crippen LogP contribution in [-0.2, 0) is 6.54 Å². The largest absolute Gasteiger partial charge is 0.370 e. The van der Waals surface area contributed by atoms with E-state index in [2.05, 4.69) is 19.9 Å². The number of nitrogens with two attached hydrogens (primary N) is 1. The maximum atomic E-state index is 6.06. The molecule has 6 nitrogen and oxygen atoms in total. The van der Waals surface area contributed by atoms with E-state index in [-0.39, 0.29) is 24.0 Å². The first-order valence-corrected chi connectivity index (χ1v) is 8.47. The lowest BCUT2D eigenvalue weighted by molar-refractivity contribution is 0.455. The zero-order chi connectivity index (χ0) is 15.4. The average molecular weight is 444 g/mol. The van der Waals surface area contributed by atoms with Crippen LogP contribution < -0.4 is 5.73 Å². The van der Waals surface area contributed by atoms with Crippen molar-refractivity contribution in [3.8, 4) is 5.82 Å². The highest BCUT2D eigenvalue weighted by molar-refractivity contribution is 14.0. The van der Waals surface area contributed by atoms with E-state index < -0.39 is 0 Å². The molecule has 0 spiro atoms. The van der Waals surface area contributed by atoms with E-state index >= 15 is 0 Å². The van der Waals surface area contributed by atoms with Crippen LogP contribution in [0.3, 0.4) is 0 Å². The van der Waals surface area contributed by atoms with Gasteiger partial charge in [-0.2, -0.15) is 11.8 Å². The van der Waals surface area contributed by atoms with Crippen molar-refractivity contribution in [2.24, 2.45) is 10.7 Å². The normalized spacial score (nSPS) is 15.3. The van der Waals surface area contributed by atoms with Gasteiger partial charge in [-0.15, -0.1) is 24.0 Å². The summed E-state index contributed by atoms with van der Waals surface area (Å²) in [6.07, 6.45) is 5.52. The SMILES string of the molecule is Cc1nccn1-c1ccc(CN=C(N)N2CCSCC2)cn1.I. The van der Waals surface area contributed by atoms with Crippen molar-refractivity contribution in [1.29, 1.82) is 0 Å². The van der Waals surface area contributed by atoms with E-state index in [0.717, 1.165) is 41.8 Å². The molecule has 0 saturated carbocycles. The van der Waals surface area contributed by atoms with Crippen LogP contribution in [0.1, 0.15) is 11.4 Å². The van der Waals surface area contributed by atoms with Crippen LogP contribution in [0.5, 0.6) is 0 Å². The Morgan fingerprint density at radius 2 is 2.09 bits per heavy atom. The highest BCUT2D eigenvalue weighted by atomic mass is 127. The van der Waals surface area contributed by atoms with Gasteiger partial charge in [-0.3, -0.25) is 4.57 Å². The van der Waals surface area contributed by atoms with E-state index in [4.69, 9.17) is 5.73 Å². The number of halogens is 1. The molecule has 2 aromatic rings. The van der Waals surface area contributed by atoms with E-state index in [1.54, 1.807) is 6.20 Å². The van der Waals surface area contributed by atoms with Gasteiger partial charge in [0.15, 0.2) is 5.96 Å². The Morgan fingerprint density at radius 3 is 2.70 bits per heavy atom. The van der Waals surface area contributed by atoms with Crippen molar-refractivity contribution in [3.05, 3.63) is 42.1 Å². The van der Waals surface area contributed by atoms with Gasteiger partial charge in [0.1, 0.15) is 11.6 Å². The molecule has 23 heavy (non-hydrogen) atoms. The number of thioether (sulfide) groups is 1. The zero-order valence-electron chi connectivity index (χ0n) is 13.1. The molecule has 0 atom stereocenters. The second-order valence-corrected chi connectivity index (χ2v) is 6.37. The van der Waals surface area contributed by atoms with Crippen LogP contribution in [0.4, 0.5) is 0 Å². The number of imidazole rings is 1. The number of pyridine rings is 1. The van der Waals surface area contributed by atoms with Gasteiger partial charge < -0.3 is 10.6 Å². The summed E-state index contributed by atoms with van der Waals surface area (Å²) in [5, 5.41) is 0. The molecule has 1 saturated heterocycles. The molecule has 1 aliphatic rings. The van der Waals surface area contributed by atoms with Crippen molar-refractivity contribution in [3.63, 3.8) is 0 Å². The molecule has 1 fully saturated rings. The Hall–Kier alpha value is -1.29. The van der Waals surface area contributed by atoms with Crippen LogP contribution >= 0.6 is 35.7 Å². The summed E-state index contributed by atoms with van der Waals surface area (Å²) in [6.45, 7) is 4.48. The Kier molecular flexibility index (Phi) is 6.70. The van der Waals surface area contributed by atoms with Crippen LogP contribution in [0.2, 0.25) is 0 Å². The lowest BCUT2D eigenvalue weighted by Gasteiger charge is -2.27. The summed E-state index contributed by atoms with van der Waals surface area (Å²) >= 11 is 1.96. The quantitative estimate of drug-likeness (QED) is 0.446. The second-order valence-electron chi connectivity index (χ2n) is 5.14. The molecule has 124 valence electrons. The third kappa shape index (κ3) is 4.60. The summed E-state index contributed by atoms with van der Waals surface area (Å²) in [5.74, 6) is 4.66. The van der Waals surface area contributed by atoms with Crippen molar-refractivity contribution in [1.82, 2.24) is 19.4 Å². The van der Waals surface area contributed by atoms with Gasteiger partial charge in [-0.05, 0) is 18.6 Å². The predicted octanol–water partition coefficient (Wildman–Crippen LogP) is 2.06. The van der Waals surface area contributed by atoms with Crippen LogP contribution in [-0.4, -0.2) is 50.0 Å². The topological polar surface area (TPSA) is 72.3 Å². The molecule has 0 bridgehead atoms. The molecule has 3 heterocycles. The molecule has 3 rings (SSSR count). The predicted molar refractivity (Wildman–Crippen MR) is 106 cm³/mol. The summed E-state index contributed by atoms with van der Waals surface area (Å²) in [4.78, 5) is 15.3. The van der Waals surface area contributed by atoms with Crippen LogP contribution in [0.25, 0.3) is 5.82 Å². The molecular formula is C15H21IN6S. The number of aromatic nitrogens is 3. The highest BCUT2D eigenvalue weighted by Crippen LogP contribution is 2.11. The van der Waals surface area contributed by atoms with Gasteiger partial charge in [0, 0.05) is 43.2 Å². The highest BCUT2D eigenvalue weighted by Gasteiger charge is 2.11. The molecule has 0 unspecified atom stereocenters. The summed E-state index contributed by atoms with van der Waals surface area (Å²) < 4.78 is 1.95. The summed E-state index contributed by atoms with van der Waals surface area (Å²) in [7, 11) is 0. The van der Waals surface area contributed by atoms with Crippen molar-refractivity contribution in [2.45, 2.75) is 13.5 Å². The van der Waals surface area contributed by atoms with Gasteiger partial charge >= 0.3 is 0 Å². The Labute approximate surface area is 157 Å². The fraction of sp³-hybridized carbons (Fsp3) is 0.400. The fourth-order valence-electron chi connectivity index (χ4n) is 2.34. The zero-order valence-corrected chi connectivity index (χ0v) is 16.2. The lowest BCUT2D eigenvalue weighted by atomic mass is 10.3. The van der Waals surface area contributed by atoms with Crippen molar-refractivity contribution in [2.75, 3.05) is 24.6 Å². The number of aryl methyl sites for hydroxylation is 1. The number of guanidine groups is 1. The molecule has 0 aliphatic carbocycles. The molecule has 8 heteroatoms. The van der Waals surface area contributed by atoms with Gasteiger partial charge in [0.25, 0.3) is 0 Å². The van der Waals surface area contributed by atoms with E-state index in [0.29, 0.717) is 12.5 Å². The van der Waals surface area contributed by atoms with Crippen LogP contribution in [0.15, 0.2) is 35.7 Å². The van der Waals surface area contributed by atoms with Gasteiger partial charge in [0.2, 0.25) is 0 Å². The van der Waals surface area contributed by atoms with Gasteiger partial charge in [-0.25, -0.2) is 15.0 Å². The van der Waals surface area contributed by atoms with Gasteiger partial charge in [0.05, 0.1) is 6.54 Å². The molecule has 1 aliphatic heterocycles. The Bertz CT molecular complexity index is 648. The molecule has 2 N–H and O–H groups in total. The number of aliphatic imine (C=N–C) groups is 1. The van der Waals surface area contributed by atoms with Crippen molar-refractivity contribution >= 4 is 41.7 Å². The standard InChI is InChI=1S/C15H20N6S.HI/c1-12-17-4-5-21(12)14-3-2-13(10-18-14)11-19-15(16)20-6-8-22-9-7-20;/h2-5,10H,6-9,11H2,1H3,(H2,16,19);1H. The molecule has 0 aromatic carbocycles. The minimum absolute atomic E-state index is 0. The third-order valence-electron chi connectivity index (χ3n) is 3.64. The molecule has 2 aromatic heterocycles. The Balaban J connectivity index is 0.00000192. The molecular weight excluding hydrogens is 423 g/mol.